The topological polar surface area (TPSA) is 54.7 Å². The average molecular weight is 285 g/mol. The minimum absolute atomic E-state index is 0.106. The van der Waals surface area contributed by atoms with Crippen LogP contribution in [0, 0.1) is 18.6 Å². The van der Waals surface area contributed by atoms with Gasteiger partial charge in [0.05, 0.1) is 11.3 Å². The molecule has 3 N–H and O–H groups in total. The van der Waals surface area contributed by atoms with Crippen molar-refractivity contribution in [2.45, 2.75) is 6.92 Å². The van der Waals surface area contributed by atoms with Crippen LogP contribution in [0.3, 0.4) is 0 Å². The number of aromatic amines is 1. The molecule has 5 heteroatoms. The fraction of sp³-hybridized carbons (Fsp3) is 0.0625. The van der Waals surface area contributed by atoms with Crippen molar-refractivity contribution >= 4 is 5.82 Å². The molecule has 0 aliphatic rings. The summed E-state index contributed by atoms with van der Waals surface area (Å²) in [6.07, 6.45) is 0. The maximum atomic E-state index is 14.0. The highest BCUT2D eigenvalue weighted by molar-refractivity contribution is 5.87. The van der Waals surface area contributed by atoms with Crippen LogP contribution in [-0.2, 0) is 0 Å². The van der Waals surface area contributed by atoms with E-state index in [0.29, 0.717) is 11.3 Å². The molecule has 21 heavy (non-hydrogen) atoms. The summed E-state index contributed by atoms with van der Waals surface area (Å²) in [6.45, 7) is 1.97. The smallest absolute Gasteiger partial charge is 0.153 e. The number of hydrogen-bond donors (Lipinski definition) is 2. The first-order chi connectivity index (χ1) is 10.1. The molecule has 1 heterocycles. The van der Waals surface area contributed by atoms with Crippen LogP contribution in [0.5, 0.6) is 0 Å². The van der Waals surface area contributed by atoms with E-state index < -0.39 is 11.6 Å². The van der Waals surface area contributed by atoms with Crippen molar-refractivity contribution in [2.75, 3.05) is 5.73 Å². The first-order valence-corrected chi connectivity index (χ1v) is 6.42. The van der Waals surface area contributed by atoms with E-state index in [2.05, 4.69) is 10.2 Å². The average Bonchev–Trinajstić information content (AvgIpc) is 2.84. The third kappa shape index (κ3) is 2.38. The minimum atomic E-state index is -0.534. The summed E-state index contributed by atoms with van der Waals surface area (Å²) >= 11 is 0. The van der Waals surface area contributed by atoms with Crippen molar-refractivity contribution in [2.24, 2.45) is 0 Å². The molecule has 0 unspecified atom stereocenters. The Morgan fingerprint density at radius 2 is 1.76 bits per heavy atom. The van der Waals surface area contributed by atoms with E-state index in [4.69, 9.17) is 5.73 Å². The number of nitrogens with one attached hydrogen (secondary N) is 1. The highest BCUT2D eigenvalue weighted by Gasteiger charge is 2.18. The van der Waals surface area contributed by atoms with Gasteiger partial charge in [-0.05, 0) is 30.7 Å². The second kappa shape index (κ2) is 5.01. The lowest BCUT2D eigenvalue weighted by Gasteiger charge is -2.06. The number of aryl methyl sites for hydroxylation is 1. The van der Waals surface area contributed by atoms with Crippen LogP contribution in [0.1, 0.15) is 5.56 Å². The van der Waals surface area contributed by atoms with Crippen LogP contribution in [0.2, 0.25) is 0 Å². The van der Waals surface area contributed by atoms with Gasteiger partial charge in [-0.1, -0.05) is 29.8 Å². The van der Waals surface area contributed by atoms with E-state index in [0.717, 1.165) is 29.3 Å². The standard InChI is InChI=1S/C16H13F2N3/c1-9-2-4-10(5-3-9)14-15(20-21-16(14)19)12-8-11(17)6-7-13(12)18/h2-8H,1H3,(H3,19,20,21). The van der Waals surface area contributed by atoms with Crippen molar-refractivity contribution in [3.05, 3.63) is 59.7 Å². The van der Waals surface area contributed by atoms with Crippen molar-refractivity contribution in [3.8, 4) is 22.4 Å². The maximum absolute atomic E-state index is 14.0. The maximum Gasteiger partial charge on any atom is 0.153 e. The van der Waals surface area contributed by atoms with E-state index in [1.54, 1.807) is 0 Å². The summed E-state index contributed by atoms with van der Waals surface area (Å²) in [5.41, 5.74) is 8.82. The SMILES string of the molecule is Cc1ccc(-c2c(N)n[nH]c2-c2cc(F)ccc2F)cc1. The summed E-state index contributed by atoms with van der Waals surface area (Å²) in [6, 6.07) is 10.9. The fourth-order valence-electron chi connectivity index (χ4n) is 2.25. The van der Waals surface area contributed by atoms with Gasteiger partial charge < -0.3 is 5.73 Å². The Balaban J connectivity index is 2.21. The van der Waals surface area contributed by atoms with Crippen LogP contribution < -0.4 is 5.73 Å². The molecule has 0 saturated heterocycles. The molecule has 0 atom stereocenters. The number of nitrogens with two attached hydrogens (primary N) is 1. The Labute approximate surface area is 120 Å². The molecular weight excluding hydrogens is 272 g/mol. The van der Waals surface area contributed by atoms with Gasteiger partial charge >= 0.3 is 0 Å². The largest absolute Gasteiger partial charge is 0.382 e. The van der Waals surface area contributed by atoms with E-state index in [-0.39, 0.29) is 11.4 Å². The zero-order valence-corrected chi connectivity index (χ0v) is 11.3. The summed E-state index contributed by atoms with van der Waals surface area (Å²) in [5.74, 6) is -0.805. The summed E-state index contributed by atoms with van der Waals surface area (Å²) < 4.78 is 27.4. The van der Waals surface area contributed by atoms with Crippen LogP contribution in [-0.4, -0.2) is 10.2 Å². The molecule has 3 nitrogen and oxygen atoms in total. The zero-order valence-electron chi connectivity index (χ0n) is 11.3. The van der Waals surface area contributed by atoms with E-state index in [1.807, 2.05) is 31.2 Å². The second-order valence-electron chi connectivity index (χ2n) is 4.85. The van der Waals surface area contributed by atoms with Gasteiger partial charge in [-0.3, -0.25) is 5.10 Å². The van der Waals surface area contributed by atoms with Gasteiger partial charge in [0, 0.05) is 5.56 Å². The lowest BCUT2D eigenvalue weighted by Crippen LogP contribution is -1.91. The molecule has 0 saturated carbocycles. The van der Waals surface area contributed by atoms with E-state index in [1.165, 1.54) is 0 Å². The third-order valence-electron chi connectivity index (χ3n) is 3.33. The summed E-state index contributed by atoms with van der Waals surface area (Å²) in [5, 5.41) is 6.62. The fourth-order valence-corrected chi connectivity index (χ4v) is 2.25. The molecule has 0 spiro atoms. The Bertz CT molecular complexity index is 792. The number of nitrogens with zero attached hydrogens (tertiary/aromatic N) is 1. The molecule has 3 rings (SSSR count). The normalized spacial score (nSPS) is 10.8. The predicted octanol–water partition coefficient (Wildman–Crippen LogP) is 3.91. The Morgan fingerprint density at radius 1 is 1.05 bits per heavy atom. The van der Waals surface area contributed by atoms with E-state index in [9.17, 15) is 8.78 Å². The third-order valence-corrected chi connectivity index (χ3v) is 3.33. The molecule has 0 bridgehead atoms. The predicted molar refractivity (Wildman–Crippen MR) is 78.5 cm³/mol. The summed E-state index contributed by atoms with van der Waals surface area (Å²) in [4.78, 5) is 0. The number of nitrogen functional groups attached to an aromatic ring is 1. The highest BCUT2D eigenvalue weighted by atomic mass is 19.1. The van der Waals surface area contributed by atoms with Gasteiger partial charge in [0.25, 0.3) is 0 Å². The molecular formula is C16H13F2N3. The van der Waals surface area contributed by atoms with Gasteiger partial charge in [0.1, 0.15) is 11.6 Å². The van der Waals surface area contributed by atoms with Crippen LogP contribution in [0.25, 0.3) is 22.4 Å². The monoisotopic (exact) mass is 285 g/mol. The lowest BCUT2D eigenvalue weighted by atomic mass is 9.99. The van der Waals surface area contributed by atoms with Gasteiger partial charge in [0.2, 0.25) is 0 Å². The number of halogens is 2. The molecule has 0 amide bonds. The first kappa shape index (κ1) is 13.3. The molecule has 106 valence electrons. The molecule has 0 radical (unpaired) electrons. The molecule has 0 aliphatic heterocycles. The van der Waals surface area contributed by atoms with E-state index >= 15 is 0 Å². The minimum Gasteiger partial charge on any atom is -0.382 e. The van der Waals surface area contributed by atoms with Gasteiger partial charge in [0.15, 0.2) is 5.82 Å². The number of aromatic nitrogens is 2. The second-order valence-corrected chi connectivity index (χ2v) is 4.85. The number of H-pyrrole nitrogens is 1. The van der Waals surface area contributed by atoms with Gasteiger partial charge in [-0.2, -0.15) is 5.10 Å². The van der Waals surface area contributed by atoms with Crippen molar-refractivity contribution in [3.63, 3.8) is 0 Å². The van der Waals surface area contributed by atoms with Crippen molar-refractivity contribution < 1.29 is 8.78 Å². The molecule has 0 fully saturated rings. The first-order valence-electron chi connectivity index (χ1n) is 6.42. The molecule has 2 aromatic carbocycles. The zero-order chi connectivity index (χ0) is 15.0. The lowest BCUT2D eigenvalue weighted by molar-refractivity contribution is 0.602. The van der Waals surface area contributed by atoms with Crippen LogP contribution in [0.15, 0.2) is 42.5 Å². The highest BCUT2D eigenvalue weighted by Crippen LogP contribution is 2.36. The number of anilines is 1. The number of benzene rings is 2. The van der Waals surface area contributed by atoms with Crippen LogP contribution >= 0.6 is 0 Å². The van der Waals surface area contributed by atoms with Crippen molar-refractivity contribution in [1.29, 1.82) is 0 Å². The molecule has 3 aromatic rings. The number of hydrogen-bond acceptors (Lipinski definition) is 2. The van der Waals surface area contributed by atoms with Crippen molar-refractivity contribution in [1.82, 2.24) is 10.2 Å². The van der Waals surface area contributed by atoms with Gasteiger partial charge in [-0.25, -0.2) is 8.78 Å². The summed E-state index contributed by atoms with van der Waals surface area (Å²) in [7, 11) is 0. The Morgan fingerprint density at radius 3 is 2.48 bits per heavy atom. The van der Waals surface area contributed by atoms with Crippen LogP contribution in [0.4, 0.5) is 14.6 Å². The quantitative estimate of drug-likeness (QED) is 0.750. The molecule has 0 aliphatic carbocycles. The molecule has 1 aromatic heterocycles. The number of rotatable bonds is 2. The van der Waals surface area contributed by atoms with Gasteiger partial charge in [-0.15, -0.1) is 0 Å². The Hall–Kier alpha value is -2.69. The Kier molecular flexibility index (Phi) is 3.17.